The van der Waals surface area contributed by atoms with Crippen molar-refractivity contribution in [1.82, 2.24) is 14.7 Å². The molecule has 1 heterocycles. The summed E-state index contributed by atoms with van der Waals surface area (Å²) in [4.78, 5) is 14.9. The van der Waals surface area contributed by atoms with E-state index in [0.717, 1.165) is 11.5 Å². The zero-order chi connectivity index (χ0) is 12.2. The predicted molar refractivity (Wildman–Crippen MR) is 52.2 cm³/mol. The van der Waals surface area contributed by atoms with Crippen molar-refractivity contribution in [1.29, 1.82) is 0 Å². The lowest BCUT2D eigenvalue weighted by molar-refractivity contribution is -0.126. The molecule has 0 aliphatic carbocycles. The van der Waals surface area contributed by atoms with Gasteiger partial charge in [-0.1, -0.05) is 0 Å². The van der Waals surface area contributed by atoms with Crippen LogP contribution in [-0.2, 0) is 4.79 Å². The first-order valence-electron chi connectivity index (χ1n) is 4.24. The van der Waals surface area contributed by atoms with E-state index in [0.29, 0.717) is 5.82 Å². The molecule has 1 rings (SSSR count). The predicted octanol–water partition coefficient (Wildman–Crippen LogP) is 0.937. The molecular weight excluding hydrogens is 245 g/mol. The molecule has 0 bridgehead atoms. The highest BCUT2D eigenvalue weighted by atomic mass is 32.1. The van der Waals surface area contributed by atoms with Crippen LogP contribution in [0.5, 0.6) is 0 Å². The fourth-order valence-electron chi connectivity index (χ4n) is 0.829. The van der Waals surface area contributed by atoms with Crippen molar-refractivity contribution in [3.05, 3.63) is 5.82 Å². The first kappa shape index (κ1) is 12.8. The Morgan fingerprint density at radius 1 is 1.50 bits per heavy atom. The first-order valence-corrected chi connectivity index (χ1v) is 5.02. The molecule has 0 aliphatic heterocycles. The monoisotopic (exact) mass is 254 g/mol. The van der Waals surface area contributed by atoms with Crippen molar-refractivity contribution < 1.29 is 18.0 Å². The number of amides is 1. The summed E-state index contributed by atoms with van der Waals surface area (Å²) in [5.74, 6) is -0.0797. The Balaban J connectivity index is 2.26. The topological polar surface area (TPSA) is 66.9 Å². The maximum Gasteiger partial charge on any atom is 0.401 e. The number of carbonyl (C=O) groups is 1. The number of rotatable bonds is 4. The maximum atomic E-state index is 11.7. The largest absolute Gasteiger partial charge is 0.401 e. The highest BCUT2D eigenvalue weighted by Crippen LogP contribution is 2.12. The molecule has 0 fully saturated rings. The van der Waals surface area contributed by atoms with E-state index in [9.17, 15) is 18.0 Å². The second kappa shape index (κ2) is 5.21. The zero-order valence-corrected chi connectivity index (χ0v) is 9.08. The summed E-state index contributed by atoms with van der Waals surface area (Å²) in [6.45, 7) is 0.0295. The lowest BCUT2D eigenvalue weighted by Gasteiger charge is -2.07. The van der Waals surface area contributed by atoms with Gasteiger partial charge in [0.15, 0.2) is 0 Å². The number of alkyl halides is 3. The van der Waals surface area contributed by atoms with Gasteiger partial charge in [0.1, 0.15) is 5.82 Å². The quantitative estimate of drug-likeness (QED) is 0.839. The smallest absolute Gasteiger partial charge is 0.300 e. The normalized spacial score (nSPS) is 11.5. The number of aromatic nitrogens is 2. The fourth-order valence-corrected chi connectivity index (χ4v) is 1.42. The number of carbonyl (C=O) groups excluding carboxylic acids is 1. The van der Waals surface area contributed by atoms with Gasteiger partial charge in [0.2, 0.25) is 11.0 Å². The van der Waals surface area contributed by atoms with E-state index >= 15 is 0 Å². The summed E-state index contributed by atoms with van der Waals surface area (Å²) >= 11 is 0.974. The van der Waals surface area contributed by atoms with E-state index < -0.39 is 25.2 Å². The molecule has 1 amide bonds. The van der Waals surface area contributed by atoms with E-state index in [1.807, 2.05) is 5.32 Å². The Morgan fingerprint density at radius 2 is 2.19 bits per heavy atom. The molecule has 5 nitrogen and oxygen atoms in total. The molecule has 0 saturated carbocycles. The number of nitrogens with one attached hydrogen (secondary N) is 2. The molecule has 0 atom stereocenters. The minimum Gasteiger partial charge on any atom is -0.300 e. The van der Waals surface area contributed by atoms with Crippen LogP contribution in [-0.4, -0.2) is 34.5 Å². The fraction of sp³-hybridized carbons (Fsp3) is 0.571. The van der Waals surface area contributed by atoms with E-state index in [1.165, 1.54) is 0 Å². The van der Waals surface area contributed by atoms with Gasteiger partial charge in [0, 0.05) is 11.5 Å². The third-order valence-corrected chi connectivity index (χ3v) is 2.11. The molecule has 9 heteroatoms. The van der Waals surface area contributed by atoms with Gasteiger partial charge in [-0.15, -0.1) is 0 Å². The van der Waals surface area contributed by atoms with Crippen LogP contribution >= 0.6 is 11.5 Å². The van der Waals surface area contributed by atoms with Gasteiger partial charge in [-0.3, -0.25) is 10.1 Å². The zero-order valence-electron chi connectivity index (χ0n) is 8.26. The molecule has 1 aromatic rings. The van der Waals surface area contributed by atoms with E-state index in [2.05, 4.69) is 14.7 Å². The molecule has 0 saturated heterocycles. The van der Waals surface area contributed by atoms with Crippen LogP contribution in [0.15, 0.2) is 0 Å². The Kier molecular flexibility index (Phi) is 4.19. The van der Waals surface area contributed by atoms with E-state index in [1.54, 1.807) is 6.92 Å². The van der Waals surface area contributed by atoms with Crippen molar-refractivity contribution in [2.45, 2.75) is 13.1 Å². The number of anilines is 1. The van der Waals surface area contributed by atoms with Crippen LogP contribution in [0.3, 0.4) is 0 Å². The maximum absolute atomic E-state index is 11.7. The molecule has 0 aromatic carbocycles. The van der Waals surface area contributed by atoms with Gasteiger partial charge in [0.05, 0.1) is 13.1 Å². The number of hydrogen-bond acceptors (Lipinski definition) is 5. The lowest BCUT2D eigenvalue weighted by Crippen LogP contribution is -2.35. The molecule has 0 spiro atoms. The Morgan fingerprint density at radius 3 is 2.69 bits per heavy atom. The molecule has 90 valence electrons. The summed E-state index contributed by atoms with van der Waals surface area (Å²) in [7, 11) is 0. The molecule has 0 aliphatic rings. The van der Waals surface area contributed by atoms with Gasteiger partial charge < -0.3 is 5.32 Å². The van der Waals surface area contributed by atoms with Crippen LogP contribution in [0.4, 0.5) is 18.3 Å². The Hall–Kier alpha value is -1.22. The second-order valence-corrected chi connectivity index (χ2v) is 3.67. The molecule has 16 heavy (non-hydrogen) atoms. The summed E-state index contributed by atoms with van der Waals surface area (Å²) < 4.78 is 39.0. The first-order chi connectivity index (χ1) is 7.37. The molecule has 0 unspecified atom stereocenters. The summed E-state index contributed by atoms with van der Waals surface area (Å²) in [5.41, 5.74) is 0. The highest BCUT2D eigenvalue weighted by Gasteiger charge is 2.26. The summed E-state index contributed by atoms with van der Waals surface area (Å²) in [6.07, 6.45) is -4.32. The van der Waals surface area contributed by atoms with Crippen LogP contribution in [0, 0.1) is 6.92 Å². The number of halogens is 3. The van der Waals surface area contributed by atoms with Crippen LogP contribution in [0.2, 0.25) is 0 Å². The minimum absolute atomic E-state index is 0.274. The molecule has 2 N–H and O–H groups in total. The standard InChI is InChI=1S/C7H9F3N4OS/c1-4-12-6(16-14-4)13-5(15)2-11-3-7(8,9)10/h11H,2-3H2,1H3,(H,12,13,14,15). The van der Waals surface area contributed by atoms with Crippen molar-refractivity contribution in [3.63, 3.8) is 0 Å². The van der Waals surface area contributed by atoms with Gasteiger partial charge in [-0.2, -0.15) is 17.5 Å². The van der Waals surface area contributed by atoms with Crippen molar-refractivity contribution in [3.8, 4) is 0 Å². The van der Waals surface area contributed by atoms with E-state index in [4.69, 9.17) is 0 Å². The third-order valence-electron chi connectivity index (χ3n) is 1.38. The van der Waals surface area contributed by atoms with Gasteiger partial charge in [-0.25, -0.2) is 4.98 Å². The van der Waals surface area contributed by atoms with Crippen LogP contribution in [0.1, 0.15) is 5.82 Å². The molecular formula is C7H9F3N4OS. The number of aryl methyl sites for hydroxylation is 1. The van der Waals surface area contributed by atoms with Crippen molar-refractivity contribution in [2.75, 3.05) is 18.4 Å². The number of nitrogens with zero attached hydrogens (tertiary/aromatic N) is 2. The Bertz CT molecular complexity index is 365. The van der Waals surface area contributed by atoms with Crippen LogP contribution in [0.25, 0.3) is 0 Å². The minimum atomic E-state index is -4.32. The second-order valence-electron chi connectivity index (χ2n) is 2.91. The van der Waals surface area contributed by atoms with E-state index in [-0.39, 0.29) is 5.13 Å². The lowest BCUT2D eigenvalue weighted by atomic mass is 10.5. The third kappa shape index (κ3) is 5.03. The average molecular weight is 254 g/mol. The highest BCUT2D eigenvalue weighted by molar-refractivity contribution is 7.09. The average Bonchev–Trinajstić information content (AvgIpc) is 2.48. The summed E-state index contributed by atoms with van der Waals surface area (Å²) in [5, 5.41) is 4.57. The van der Waals surface area contributed by atoms with Crippen molar-refractivity contribution in [2.24, 2.45) is 0 Å². The van der Waals surface area contributed by atoms with Crippen molar-refractivity contribution >= 4 is 22.6 Å². The van der Waals surface area contributed by atoms with Crippen LogP contribution < -0.4 is 10.6 Å². The molecule has 0 radical (unpaired) electrons. The van der Waals surface area contributed by atoms with Gasteiger partial charge in [0.25, 0.3) is 0 Å². The summed E-state index contributed by atoms with van der Waals surface area (Å²) in [6, 6.07) is 0. The molecule has 1 aromatic heterocycles. The van der Waals surface area contributed by atoms with Gasteiger partial charge in [-0.05, 0) is 6.92 Å². The SMILES string of the molecule is Cc1nsc(NC(=O)CNCC(F)(F)F)n1. The Labute approximate surface area is 93.2 Å². The van der Waals surface area contributed by atoms with Gasteiger partial charge >= 0.3 is 6.18 Å². The number of hydrogen-bond donors (Lipinski definition) is 2.